The van der Waals surface area contributed by atoms with Gasteiger partial charge in [-0.1, -0.05) is 43.2 Å². The van der Waals surface area contributed by atoms with Crippen LogP contribution in [0.25, 0.3) is 0 Å². The van der Waals surface area contributed by atoms with Gasteiger partial charge < -0.3 is 15.5 Å². The SMILES string of the molecule is CC(NCCC(O)(c1ccsc1)C1CCCC1)C(O)c1ccccc1. The average Bonchev–Trinajstić information content (AvgIpc) is 3.35. The lowest BCUT2D eigenvalue weighted by Crippen LogP contribution is -2.40. The molecule has 0 saturated heterocycles. The van der Waals surface area contributed by atoms with Gasteiger partial charge in [0.25, 0.3) is 0 Å². The van der Waals surface area contributed by atoms with Gasteiger partial charge in [-0.25, -0.2) is 0 Å². The molecule has 0 radical (unpaired) electrons. The van der Waals surface area contributed by atoms with Gasteiger partial charge in [-0.15, -0.1) is 0 Å². The molecule has 3 atom stereocenters. The lowest BCUT2D eigenvalue weighted by Gasteiger charge is -2.34. The minimum Gasteiger partial charge on any atom is -0.387 e. The van der Waals surface area contributed by atoms with Crippen molar-refractivity contribution in [2.75, 3.05) is 6.54 Å². The standard InChI is InChI=1S/C21H29NO2S/c1-16(20(23)17-7-3-2-4-8-17)22-13-12-21(24,18-9-5-6-10-18)19-11-14-25-15-19/h2-4,7-8,11,14-16,18,20,22-24H,5-6,9-10,12-13H2,1H3. The third-order valence-corrected chi connectivity index (χ3v) is 6.32. The quantitative estimate of drug-likeness (QED) is 0.661. The minimum atomic E-state index is -0.749. The molecule has 1 aliphatic rings. The van der Waals surface area contributed by atoms with E-state index in [1.165, 1.54) is 12.8 Å². The molecule has 1 aromatic heterocycles. The van der Waals surface area contributed by atoms with Crippen molar-refractivity contribution >= 4 is 11.3 Å². The number of nitrogens with one attached hydrogen (secondary N) is 1. The summed E-state index contributed by atoms with van der Waals surface area (Å²) in [6.45, 7) is 2.69. The Balaban J connectivity index is 1.60. The first kappa shape index (κ1) is 18.6. The number of aliphatic hydroxyl groups excluding tert-OH is 1. The van der Waals surface area contributed by atoms with Crippen LogP contribution in [0.4, 0.5) is 0 Å². The third kappa shape index (κ3) is 4.32. The van der Waals surface area contributed by atoms with Gasteiger partial charge in [0.15, 0.2) is 0 Å². The van der Waals surface area contributed by atoms with E-state index in [9.17, 15) is 10.2 Å². The van der Waals surface area contributed by atoms with Gasteiger partial charge in [0, 0.05) is 6.04 Å². The first-order chi connectivity index (χ1) is 12.1. The molecule has 2 aromatic rings. The first-order valence-electron chi connectivity index (χ1n) is 9.32. The molecule has 1 aromatic carbocycles. The van der Waals surface area contributed by atoms with Gasteiger partial charge in [-0.2, -0.15) is 11.3 Å². The zero-order valence-corrected chi connectivity index (χ0v) is 15.7. The Morgan fingerprint density at radius 1 is 1.20 bits per heavy atom. The summed E-state index contributed by atoms with van der Waals surface area (Å²) >= 11 is 1.65. The summed E-state index contributed by atoms with van der Waals surface area (Å²) in [5.41, 5.74) is 1.23. The van der Waals surface area contributed by atoms with Gasteiger partial charge in [0.1, 0.15) is 0 Å². The molecule has 0 bridgehead atoms. The van der Waals surface area contributed by atoms with Crippen molar-refractivity contribution in [3.05, 3.63) is 58.3 Å². The van der Waals surface area contributed by atoms with Crippen LogP contribution in [0.15, 0.2) is 47.2 Å². The van der Waals surface area contributed by atoms with Gasteiger partial charge in [-0.05, 0) is 66.6 Å². The van der Waals surface area contributed by atoms with Crippen LogP contribution in [0, 0.1) is 5.92 Å². The van der Waals surface area contributed by atoms with E-state index in [4.69, 9.17) is 0 Å². The topological polar surface area (TPSA) is 52.5 Å². The number of hydrogen-bond donors (Lipinski definition) is 3. The van der Waals surface area contributed by atoms with Gasteiger partial charge >= 0.3 is 0 Å². The minimum absolute atomic E-state index is 0.0577. The fourth-order valence-corrected chi connectivity index (χ4v) is 4.77. The van der Waals surface area contributed by atoms with Crippen molar-refractivity contribution in [1.82, 2.24) is 5.32 Å². The van der Waals surface area contributed by atoms with Crippen LogP contribution >= 0.6 is 11.3 Å². The van der Waals surface area contributed by atoms with Crippen molar-refractivity contribution in [1.29, 1.82) is 0 Å². The summed E-state index contributed by atoms with van der Waals surface area (Å²) in [4.78, 5) is 0. The Labute approximate surface area is 154 Å². The van der Waals surface area contributed by atoms with Crippen molar-refractivity contribution in [3.8, 4) is 0 Å². The Morgan fingerprint density at radius 3 is 2.56 bits per heavy atom. The van der Waals surface area contributed by atoms with Crippen molar-refractivity contribution in [2.45, 2.75) is 56.8 Å². The maximum Gasteiger partial charge on any atom is 0.0944 e. The van der Waals surface area contributed by atoms with Gasteiger partial charge in [0.05, 0.1) is 11.7 Å². The molecule has 3 nitrogen and oxygen atoms in total. The van der Waals surface area contributed by atoms with E-state index in [2.05, 4.69) is 16.8 Å². The fraction of sp³-hybridized carbons (Fsp3) is 0.524. The summed E-state index contributed by atoms with van der Waals surface area (Å²) in [5, 5.41) is 29.5. The Bertz CT molecular complexity index is 625. The first-order valence-corrected chi connectivity index (χ1v) is 10.3. The molecule has 0 aliphatic heterocycles. The second kappa shape index (κ2) is 8.45. The fourth-order valence-electron chi connectivity index (χ4n) is 4.04. The average molecular weight is 360 g/mol. The molecule has 1 saturated carbocycles. The van der Waals surface area contributed by atoms with Crippen LogP contribution in [0.3, 0.4) is 0 Å². The summed E-state index contributed by atoms with van der Waals surface area (Å²) < 4.78 is 0. The molecule has 25 heavy (non-hydrogen) atoms. The molecule has 1 aliphatic carbocycles. The number of hydrogen-bond acceptors (Lipinski definition) is 4. The number of benzene rings is 1. The normalized spacial score (nSPS) is 20.3. The molecule has 136 valence electrons. The largest absolute Gasteiger partial charge is 0.387 e. The Morgan fingerprint density at radius 2 is 1.92 bits per heavy atom. The molecular weight excluding hydrogens is 330 g/mol. The van der Waals surface area contributed by atoms with Crippen LogP contribution in [0.1, 0.15) is 56.3 Å². The van der Waals surface area contributed by atoms with E-state index in [1.807, 2.05) is 42.6 Å². The molecule has 0 amide bonds. The highest BCUT2D eigenvalue weighted by Gasteiger charge is 2.39. The monoisotopic (exact) mass is 359 g/mol. The molecule has 1 heterocycles. The third-order valence-electron chi connectivity index (χ3n) is 5.64. The summed E-state index contributed by atoms with van der Waals surface area (Å²) in [6, 6.07) is 11.7. The van der Waals surface area contributed by atoms with Crippen LogP contribution < -0.4 is 5.32 Å². The van der Waals surface area contributed by atoms with E-state index in [0.717, 1.165) is 24.0 Å². The molecular formula is C21H29NO2S. The zero-order chi connectivity index (χ0) is 17.7. The smallest absolute Gasteiger partial charge is 0.0944 e. The van der Waals surface area contributed by atoms with Gasteiger partial charge in [0.2, 0.25) is 0 Å². The predicted octanol–water partition coefficient (Wildman–Crippen LogP) is 4.23. The number of aliphatic hydroxyl groups is 2. The number of thiophene rings is 1. The Hall–Kier alpha value is -1.20. The maximum atomic E-state index is 11.4. The van der Waals surface area contributed by atoms with E-state index in [0.29, 0.717) is 18.9 Å². The predicted molar refractivity (Wildman–Crippen MR) is 104 cm³/mol. The van der Waals surface area contributed by atoms with Crippen molar-refractivity contribution in [2.24, 2.45) is 5.92 Å². The molecule has 1 fully saturated rings. The van der Waals surface area contributed by atoms with E-state index < -0.39 is 11.7 Å². The Kier molecular flexibility index (Phi) is 6.29. The highest BCUT2D eigenvalue weighted by atomic mass is 32.1. The highest BCUT2D eigenvalue weighted by Crippen LogP contribution is 2.43. The van der Waals surface area contributed by atoms with Crippen molar-refractivity contribution < 1.29 is 10.2 Å². The summed E-state index contributed by atoms with van der Waals surface area (Å²) in [5.74, 6) is 0.346. The van der Waals surface area contributed by atoms with Crippen LogP contribution in [0.2, 0.25) is 0 Å². The molecule has 4 heteroatoms. The molecule has 3 rings (SSSR count). The molecule has 0 spiro atoms. The second-order valence-electron chi connectivity index (χ2n) is 7.27. The van der Waals surface area contributed by atoms with E-state index >= 15 is 0 Å². The van der Waals surface area contributed by atoms with Gasteiger partial charge in [-0.3, -0.25) is 0 Å². The molecule has 3 unspecified atom stereocenters. The summed E-state index contributed by atoms with van der Waals surface area (Å²) in [6.07, 6.45) is 4.78. The van der Waals surface area contributed by atoms with E-state index in [1.54, 1.807) is 11.3 Å². The lowest BCUT2D eigenvalue weighted by molar-refractivity contribution is -0.0303. The van der Waals surface area contributed by atoms with Crippen LogP contribution in [-0.2, 0) is 5.60 Å². The lowest BCUT2D eigenvalue weighted by atomic mass is 9.79. The number of rotatable bonds is 8. The van der Waals surface area contributed by atoms with Crippen LogP contribution in [-0.4, -0.2) is 22.8 Å². The highest BCUT2D eigenvalue weighted by molar-refractivity contribution is 7.08. The summed E-state index contributed by atoms with van der Waals surface area (Å²) in [7, 11) is 0. The zero-order valence-electron chi connectivity index (χ0n) is 14.9. The van der Waals surface area contributed by atoms with Crippen molar-refractivity contribution in [3.63, 3.8) is 0 Å². The maximum absolute atomic E-state index is 11.4. The van der Waals surface area contributed by atoms with E-state index in [-0.39, 0.29) is 6.04 Å². The molecule has 3 N–H and O–H groups in total. The van der Waals surface area contributed by atoms with Crippen LogP contribution in [0.5, 0.6) is 0 Å². The second-order valence-corrected chi connectivity index (χ2v) is 8.05.